The van der Waals surface area contributed by atoms with Gasteiger partial charge in [0.05, 0.1) is 5.39 Å². The summed E-state index contributed by atoms with van der Waals surface area (Å²) in [6.07, 6.45) is 0.764. The molecule has 0 saturated carbocycles. The number of nitrogens with zero attached hydrogens (tertiary/aromatic N) is 2. The predicted octanol–water partition coefficient (Wildman–Crippen LogP) is 5.87. The number of carbonyl (C=O) groups is 2. The number of hydrogen-bond donors (Lipinski definition) is 1. The first-order valence-electron chi connectivity index (χ1n) is 12.2. The predicted molar refractivity (Wildman–Crippen MR) is 135 cm³/mol. The lowest BCUT2D eigenvalue weighted by molar-refractivity contribution is -0.144. The van der Waals surface area contributed by atoms with Crippen molar-refractivity contribution in [2.45, 2.75) is 52.2 Å². The van der Waals surface area contributed by atoms with Crippen molar-refractivity contribution in [1.29, 1.82) is 0 Å². The van der Waals surface area contributed by atoms with Crippen molar-refractivity contribution < 1.29 is 37.3 Å². The largest absolute Gasteiger partial charge is 0.479 e. The summed E-state index contributed by atoms with van der Waals surface area (Å²) in [7, 11) is 0. The molecule has 2 aromatic carbocycles. The number of halogens is 4. The fraction of sp³-hybridized carbons (Fsp3) is 0.370. The van der Waals surface area contributed by atoms with Crippen LogP contribution in [0.3, 0.4) is 0 Å². The molecule has 1 aliphatic heterocycles. The van der Waals surface area contributed by atoms with Gasteiger partial charge in [0.15, 0.2) is 6.10 Å². The molecular formula is C27H26ClF3N2O5. The molecule has 3 aromatic rings. The molecule has 1 aliphatic rings. The van der Waals surface area contributed by atoms with E-state index in [2.05, 4.69) is 4.98 Å². The number of likely N-dealkylation sites (tertiary alicyclic amines) is 1. The highest BCUT2D eigenvalue weighted by atomic mass is 35.5. The molecule has 7 nitrogen and oxygen atoms in total. The molecule has 2 heterocycles. The number of alkyl halides is 2. The summed E-state index contributed by atoms with van der Waals surface area (Å²) in [6.45, 7) is 1.07. The van der Waals surface area contributed by atoms with E-state index in [1.165, 1.54) is 13.0 Å². The SMILES string of the molecule is CCc1nc2c(F)ccc(O[C@@H](C)C(=O)O)c2c(OC(F)F)c1Cc1ccc(C(=O)N2CCCC2)cc1Cl. The molecule has 1 fully saturated rings. The number of pyridine rings is 1. The van der Waals surface area contributed by atoms with Crippen LogP contribution in [0.1, 0.15) is 53.9 Å². The number of amides is 1. The molecule has 0 aliphatic carbocycles. The van der Waals surface area contributed by atoms with Crippen LogP contribution in [0.15, 0.2) is 30.3 Å². The number of hydrogen-bond acceptors (Lipinski definition) is 5. The van der Waals surface area contributed by atoms with Crippen LogP contribution < -0.4 is 9.47 Å². The van der Waals surface area contributed by atoms with Gasteiger partial charge in [-0.1, -0.05) is 24.6 Å². The van der Waals surface area contributed by atoms with Gasteiger partial charge in [0, 0.05) is 41.4 Å². The molecule has 4 rings (SSSR count). The Morgan fingerprint density at radius 3 is 2.47 bits per heavy atom. The number of aliphatic carboxylic acids is 1. The molecular weight excluding hydrogens is 525 g/mol. The Bertz CT molecular complexity index is 1380. The summed E-state index contributed by atoms with van der Waals surface area (Å²) >= 11 is 6.53. The molecule has 1 N–H and O–H groups in total. The Kier molecular flexibility index (Phi) is 8.30. The summed E-state index contributed by atoms with van der Waals surface area (Å²) in [6, 6.07) is 6.97. The average molecular weight is 551 g/mol. The lowest BCUT2D eigenvalue weighted by Crippen LogP contribution is -2.27. The third-order valence-electron chi connectivity index (χ3n) is 6.44. The zero-order valence-electron chi connectivity index (χ0n) is 20.8. The van der Waals surface area contributed by atoms with Gasteiger partial charge in [-0.05, 0) is 56.0 Å². The van der Waals surface area contributed by atoms with Crippen molar-refractivity contribution in [3.05, 3.63) is 63.6 Å². The van der Waals surface area contributed by atoms with Crippen molar-refractivity contribution in [2.24, 2.45) is 0 Å². The minimum Gasteiger partial charge on any atom is -0.479 e. The van der Waals surface area contributed by atoms with Crippen LogP contribution in [0.25, 0.3) is 10.9 Å². The van der Waals surface area contributed by atoms with Gasteiger partial charge in [-0.15, -0.1) is 0 Å². The summed E-state index contributed by atoms with van der Waals surface area (Å²) in [4.78, 5) is 30.2. The van der Waals surface area contributed by atoms with Gasteiger partial charge in [0.25, 0.3) is 5.91 Å². The van der Waals surface area contributed by atoms with Crippen molar-refractivity contribution in [3.63, 3.8) is 0 Å². The highest BCUT2D eigenvalue weighted by molar-refractivity contribution is 6.31. The highest BCUT2D eigenvalue weighted by Gasteiger charge is 2.26. The first-order chi connectivity index (χ1) is 18.1. The Morgan fingerprint density at radius 2 is 1.87 bits per heavy atom. The normalized spacial score (nSPS) is 14.2. The van der Waals surface area contributed by atoms with Crippen LogP contribution in [-0.4, -0.2) is 52.7 Å². The average Bonchev–Trinajstić information content (AvgIpc) is 3.42. The fourth-order valence-corrected chi connectivity index (χ4v) is 4.76. The van der Waals surface area contributed by atoms with E-state index in [-0.39, 0.29) is 51.7 Å². The first-order valence-corrected chi connectivity index (χ1v) is 12.5. The Hall–Kier alpha value is -3.53. The molecule has 1 saturated heterocycles. The molecule has 1 aromatic heterocycles. The monoisotopic (exact) mass is 550 g/mol. The molecule has 0 radical (unpaired) electrons. The van der Waals surface area contributed by atoms with E-state index in [0.717, 1.165) is 25.0 Å². The van der Waals surface area contributed by atoms with E-state index in [1.807, 2.05) is 0 Å². The van der Waals surface area contributed by atoms with Crippen molar-refractivity contribution in [1.82, 2.24) is 9.88 Å². The van der Waals surface area contributed by atoms with E-state index in [4.69, 9.17) is 21.1 Å². The van der Waals surface area contributed by atoms with Gasteiger partial charge in [-0.2, -0.15) is 8.78 Å². The Labute approximate surface area is 222 Å². The molecule has 0 unspecified atom stereocenters. The van der Waals surface area contributed by atoms with Crippen molar-refractivity contribution in [3.8, 4) is 11.5 Å². The van der Waals surface area contributed by atoms with Gasteiger partial charge in [-0.3, -0.25) is 4.79 Å². The van der Waals surface area contributed by atoms with E-state index in [0.29, 0.717) is 29.9 Å². The fourth-order valence-electron chi connectivity index (χ4n) is 4.51. The number of carboxylic acids is 1. The zero-order chi connectivity index (χ0) is 27.6. The number of aryl methyl sites for hydroxylation is 1. The summed E-state index contributed by atoms with van der Waals surface area (Å²) in [5.41, 5.74) is 1.16. The van der Waals surface area contributed by atoms with Gasteiger partial charge >= 0.3 is 12.6 Å². The van der Waals surface area contributed by atoms with Crippen LogP contribution in [0, 0.1) is 5.82 Å². The number of rotatable bonds is 9. The van der Waals surface area contributed by atoms with Crippen LogP contribution >= 0.6 is 11.6 Å². The maximum absolute atomic E-state index is 14.8. The van der Waals surface area contributed by atoms with Gasteiger partial charge in [0.2, 0.25) is 0 Å². The van der Waals surface area contributed by atoms with Gasteiger partial charge in [-0.25, -0.2) is 14.2 Å². The van der Waals surface area contributed by atoms with Crippen LogP contribution in [-0.2, 0) is 17.6 Å². The smallest absolute Gasteiger partial charge is 0.387 e. The number of aromatic nitrogens is 1. The van der Waals surface area contributed by atoms with E-state index < -0.39 is 24.5 Å². The second kappa shape index (κ2) is 11.5. The minimum absolute atomic E-state index is 0.0182. The molecule has 0 spiro atoms. The van der Waals surface area contributed by atoms with E-state index in [1.54, 1.807) is 24.0 Å². The second-order valence-corrected chi connectivity index (χ2v) is 9.36. The minimum atomic E-state index is -3.27. The number of benzene rings is 2. The summed E-state index contributed by atoms with van der Waals surface area (Å²) in [5.74, 6) is -2.78. The number of carboxylic acid groups (broad SMARTS) is 1. The summed E-state index contributed by atoms with van der Waals surface area (Å²) in [5, 5.41) is 9.31. The zero-order valence-corrected chi connectivity index (χ0v) is 21.5. The third-order valence-corrected chi connectivity index (χ3v) is 6.79. The van der Waals surface area contributed by atoms with E-state index in [9.17, 15) is 27.9 Å². The number of fused-ring (bicyclic) bond motifs is 1. The maximum Gasteiger partial charge on any atom is 0.387 e. The Morgan fingerprint density at radius 1 is 1.16 bits per heavy atom. The maximum atomic E-state index is 14.8. The quantitative estimate of drug-likeness (QED) is 0.358. The number of ether oxygens (including phenoxy) is 2. The molecule has 1 atom stereocenters. The standard InChI is InChI=1S/C27H26ClF3N2O5/c1-3-20-17(12-15-6-7-16(13-18(15)28)25(34)33-10-4-5-11-33)24(38-27(30)31)22-21(37-14(2)26(35)36)9-8-19(29)23(22)32-20/h6-9,13-14,27H,3-5,10-12H2,1-2H3,(H,35,36)/t14-/m0/s1. The molecule has 38 heavy (non-hydrogen) atoms. The Balaban J connectivity index is 1.84. The summed E-state index contributed by atoms with van der Waals surface area (Å²) < 4.78 is 52.5. The van der Waals surface area contributed by atoms with Gasteiger partial charge in [0.1, 0.15) is 22.8 Å². The van der Waals surface area contributed by atoms with Crippen LogP contribution in [0.2, 0.25) is 5.02 Å². The molecule has 0 bridgehead atoms. The lowest BCUT2D eigenvalue weighted by Gasteiger charge is -2.21. The second-order valence-electron chi connectivity index (χ2n) is 8.95. The van der Waals surface area contributed by atoms with Crippen molar-refractivity contribution >= 4 is 34.4 Å². The van der Waals surface area contributed by atoms with E-state index >= 15 is 0 Å². The van der Waals surface area contributed by atoms with Crippen LogP contribution in [0.5, 0.6) is 11.5 Å². The first kappa shape index (κ1) is 27.5. The van der Waals surface area contributed by atoms with Gasteiger partial charge < -0.3 is 19.5 Å². The number of carbonyl (C=O) groups excluding carboxylic acids is 1. The van der Waals surface area contributed by atoms with Crippen LogP contribution in [0.4, 0.5) is 13.2 Å². The molecule has 11 heteroatoms. The van der Waals surface area contributed by atoms with Crippen molar-refractivity contribution in [2.75, 3.05) is 13.1 Å². The molecule has 202 valence electrons. The molecule has 1 amide bonds. The lowest BCUT2D eigenvalue weighted by atomic mass is 9.97. The topological polar surface area (TPSA) is 89.0 Å². The third kappa shape index (κ3) is 5.65. The highest BCUT2D eigenvalue weighted by Crippen LogP contribution is 2.41.